The third-order valence-electron chi connectivity index (χ3n) is 6.69. The second kappa shape index (κ2) is 8.18. The first-order valence-electron chi connectivity index (χ1n) is 11.1. The Kier molecular flexibility index (Phi) is 5.18. The van der Waals surface area contributed by atoms with Crippen molar-refractivity contribution < 1.29 is 9.59 Å². The molecular weight excluding hydrogens is 406 g/mol. The molecule has 5 rings (SSSR count). The van der Waals surface area contributed by atoms with Crippen molar-refractivity contribution in [2.75, 3.05) is 11.9 Å². The molecule has 3 heteroatoms. The van der Waals surface area contributed by atoms with Gasteiger partial charge in [-0.1, -0.05) is 109 Å². The lowest BCUT2D eigenvalue weighted by Gasteiger charge is -2.36. The molecule has 0 aromatic heterocycles. The number of Topliss-reactive ketones (excluding diaryl/α,β-unsaturated/α-hetero) is 2. The summed E-state index contributed by atoms with van der Waals surface area (Å²) < 4.78 is 0. The summed E-state index contributed by atoms with van der Waals surface area (Å²) in [5.41, 5.74) is 3.31. The summed E-state index contributed by atoms with van der Waals surface area (Å²) in [5, 5.41) is 0. The van der Waals surface area contributed by atoms with Crippen LogP contribution in [0.2, 0.25) is 0 Å². The molecule has 1 aliphatic heterocycles. The van der Waals surface area contributed by atoms with Crippen LogP contribution in [0.5, 0.6) is 0 Å². The molecule has 0 N–H and O–H groups in total. The van der Waals surface area contributed by atoms with Gasteiger partial charge in [0.15, 0.2) is 11.6 Å². The Bertz CT molecular complexity index is 1310. The van der Waals surface area contributed by atoms with E-state index < -0.39 is 11.5 Å². The molecule has 0 spiro atoms. The van der Waals surface area contributed by atoms with Gasteiger partial charge in [0.2, 0.25) is 0 Å². The zero-order chi connectivity index (χ0) is 23.0. The Labute approximate surface area is 194 Å². The second-order valence-electron chi connectivity index (χ2n) is 8.64. The molecule has 1 aliphatic rings. The number of fused-ring (bicyclic) bond motifs is 1. The number of hydrogen-bond donors (Lipinski definition) is 0. The van der Waals surface area contributed by atoms with E-state index in [1.807, 2.05) is 111 Å². The molecule has 33 heavy (non-hydrogen) atoms. The van der Waals surface area contributed by atoms with Gasteiger partial charge in [0.1, 0.15) is 5.41 Å². The number of nitrogens with zero attached hydrogens (tertiary/aromatic N) is 1. The van der Waals surface area contributed by atoms with E-state index in [-0.39, 0.29) is 11.6 Å². The highest BCUT2D eigenvalue weighted by Crippen LogP contribution is 2.55. The Balaban J connectivity index is 1.85. The molecule has 0 fully saturated rings. The molecule has 0 saturated heterocycles. The molecule has 0 amide bonds. The quantitative estimate of drug-likeness (QED) is 0.279. The molecule has 162 valence electrons. The molecule has 4 aromatic rings. The van der Waals surface area contributed by atoms with Gasteiger partial charge in [-0.25, -0.2) is 0 Å². The number of para-hydroxylation sites is 1. The number of hydrogen-bond acceptors (Lipinski definition) is 3. The SMILES string of the molecule is Cc1ccc(C(=O)[C@]2(C(=O)c3ccccc3)c3ccccc3N(C)[C@H]2c2ccccc2)cc1. The molecule has 0 aliphatic carbocycles. The number of anilines is 1. The Morgan fingerprint density at radius 1 is 0.667 bits per heavy atom. The van der Waals surface area contributed by atoms with Crippen molar-refractivity contribution in [3.63, 3.8) is 0 Å². The first kappa shape index (κ1) is 20.9. The molecule has 1 heterocycles. The van der Waals surface area contributed by atoms with E-state index >= 15 is 0 Å². The minimum atomic E-state index is -1.41. The van der Waals surface area contributed by atoms with E-state index in [2.05, 4.69) is 4.90 Å². The van der Waals surface area contributed by atoms with Crippen LogP contribution in [0.4, 0.5) is 5.69 Å². The molecular formula is C30H25NO2. The van der Waals surface area contributed by atoms with Gasteiger partial charge >= 0.3 is 0 Å². The molecule has 2 atom stereocenters. The van der Waals surface area contributed by atoms with Crippen molar-refractivity contribution in [1.29, 1.82) is 0 Å². The lowest BCUT2D eigenvalue weighted by molar-refractivity contribution is 0.0740. The molecule has 0 unspecified atom stereocenters. The number of aryl methyl sites for hydroxylation is 1. The average molecular weight is 432 g/mol. The van der Waals surface area contributed by atoms with Gasteiger partial charge in [-0.3, -0.25) is 9.59 Å². The largest absolute Gasteiger partial charge is 0.365 e. The molecule has 0 saturated carbocycles. The Morgan fingerprint density at radius 3 is 1.82 bits per heavy atom. The fraction of sp³-hybridized carbons (Fsp3) is 0.133. The van der Waals surface area contributed by atoms with E-state index in [4.69, 9.17) is 0 Å². The number of likely N-dealkylation sites (N-methyl/N-ethyl adjacent to an activating group) is 1. The number of rotatable bonds is 5. The van der Waals surface area contributed by atoms with Gasteiger partial charge in [0.25, 0.3) is 0 Å². The standard InChI is InChI=1S/C30H25NO2/c1-21-17-19-24(20-18-21)29(33)30(28(32)23-13-7-4-8-14-23)25-15-9-10-16-26(25)31(2)27(30)22-11-5-3-6-12-22/h3-20,27H,1-2H3/t27-,30+/m0/s1. The van der Waals surface area contributed by atoms with Crippen molar-refractivity contribution in [3.05, 3.63) is 137 Å². The number of ketones is 2. The molecule has 3 nitrogen and oxygen atoms in total. The topological polar surface area (TPSA) is 37.4 Å². The highest BCUT2D eigenvalue weighted by molar-refractivity contribution is 6.26. The van der Waals surface area contributed by atoms with E-state index in [0.29, 0.717) is 11.1 Å². The fourth-order valence-corrected chi connectivity index (χ4v) is 5.15. The minimum absolute atomic E-state index is 0.179. The third kappa shape index (κ3) is 3.20. The Hall–Kier alpha value is -3.98. The third-order valence-corrected chi connectivity index (χ3v) is 6.69. The maximum atomic E-state index is 14.5. The average Bonchev–Trinajstić information content (AvgIpc) is 3.14. The van der Waals surface area contributed by atoms with Crippen LogP contribution in [0.25, 0.3) is 0 Å². The van der Waals surface area contributed by atoms with Crippen LogP contribution >= 0.6 is 0 Å². The second-order valence-corrected chi connectivity index (χ2v) is 8.64. The van der Waals surface area contributed by atoms with Gasteiger partial charge in [0.05, 0.1) is 6.04 Å². The lowest BCUT2D eigenvalue weighted by atomic mass is 9.65. The van der Waals surface area contributed by atoms with Crippen LogP contribution < -0.4 is 4.90 Å². The monoisotopic (exact) mass is 431 g/mol. The van der Waals surface area contributed by atoms with Crippen LogP contribution in [0.1, 0.15) is 43.4 Å². The summed E-state index contributed by atoms with van der Waals surface area (Å²) in [6.07, 6.45) is 0. The highest BCUT2D eigenvalue weighted by Gasteiger charge is 2.60. The van der Waals surface area contributed by atoms with Crippen LogP contribution in [-0.4, -0.2) is 18.6 Å². The maximum Gasteiger partial charge on any atom is 0.183 e. The fourth-order valence-electron chi connectivity index (χ4n) is 5.15. The normalized spacial score (nSPS) is 19.2. The van der Waals surface area contributed by atoms with Crippen molar-refractivity contribution in [3.8, 4) is 0 Å². The zero-order valence-corrected chi connectivity index (χ0v) is 18.7. The van der Waals surface area contributed by atoms with E-state index in [9.17, 15) is 9.59 Å². The zero-order valence-electron chi connectivity index (χ0n) is 18.7. The van der Waals surface area contributed by atoms with Crippen molar-refractivity contribution >= 4 is 17.3 Å². The van der Waals surface area contributed by atoms with Gasteiger partial charge < -0.3 is 4.90 Å². The van der Waals surface area contributed by atoms with E-state index in [0.717, 1.165) is 22.4 Å². The van der Waals surface area contributed by atoms with E-state index in [1.54, 1.807) is 12.1 Å². The number of benzene rings is 4. The van der Waals surface area contributed by atoms with Crippen LogP contribution in [0, 0.1) is 6.92 Å². The molecule has 0 bridgehead atoms. The number of carbonyl (C=O) groups is 2. The Morgan fingerprint density at radius 2 is 1.18 bits per heavy atom. The maximum absolute atomic E-state index is 14.5. The summed E-state index contributed by atoms with van der Waals surface area (Å²) in [6.45, 7) is 1.99. The highest BCUT2D eigenvalue weighted by atomic mass is 16.2. The minimum Gasteiger partial charge on any atom is -0.365 e. The van der Waals surface area contributed by atoms with Crippen LogP contribution in [0.3, 0.4) is 0 Å². The first-order valence-corrected chi connectivity index (χ1v) is 11.1. The van der Waals surface area contributed by atoms with Gasteiger partial charge in [-0.05, 0) is 24.1 Å². The first-order chi connectivity index (χ1) is 16.0. The number of carbonyl (C=O) groups excluding carboxylic acids is 2. The summed E-state index contributed by atoms with van der Waals surface area (Å²) in [5.74, 6) is -0.360. The summed E-state index contributed by atoms with van der Waals surface area (Å²) in [6, 6.07) is 33.9. The molecule has 0 radical (unpaired) electrons. The van der Waals surface area contributed by atoms with Crippen LogP contribution in [-0.2, 0) is 5.41 Å². The summed E-state index contributed by atoms with van der Waals surface area (Å²) >= 11 is 0. The summed E-state index contributed by atoms with van der Waals surface area (Å²) in [7, 11) is 1.97. The van der Waals surface area contributed by atoms with Crippen LogP contribution in [0.15, 0.2) is 109 Å². The van der Waals surface area contributed by atoms with Gasteiger partial charge in [-0.2, -0.15) is 0 Å². The lowest BCUT2D eigenvalue weighted by Crippen LogP contribution is -2.49. The molecule has 4 aromatic carbocycles. The van der Waals surface area contributed by atoms with Crippen molar-refractivity contribution in [1.82, 2.24) is 0 Å². The van der Waals surface area contributed by atoms with Gasteiger partial charge in [-0.15, -0.1) is 0 Å². The van der Waals surface area contributed by atoms with E-state index in [1.165, 1.54) is 0 Å². The smallest absolute Gasteiger partial charge is 0.183 e. The summed E-state index contributed by atoms with van der Waals surface area (Å²) in [4.78, 5) is 31.1. The predicted molar refractivity (Wildman–Crippen MR) is 132 cm³/mol. The predicted octanol–water partition coefficient (Wildman–Crippen LogP) is 6.19. The van der Waals surface area contributed by atoms with Crippen molar-refractivity contribution in [2.45, 2.75) is 18.4 Å². The van der Waals surface area contributed by atoms with Gasteiger partial charge in [0, 0.05) is 23.9 Å². The van der Waals surface area contributed by atoms with Crippen molar-refractivity contribution in [2.24, 2.45) is 0 Å².